The predicted molar refractivity (Wildman–Crippen MR) is 207 cm³/mol. The number of hydrogen-bond acceptors (Lipinski definition) is 2. The van der Waals surface area contributed by atoms with Gasteiger partial charge in [-0.2, -0.15) is 10.2 Å². The van der Waals surface area contributed by atoms with Crippen molar-refractivity contribution in [3.05, 3.63) is 164 Å². The van der Waals surface area contributed by atoms with Crippen LogP contribution in [0.1, 0.15) is 0 Å². The van der Waals surface area contributed by atoms with Crippen LogP contribution in [0.4, 0.5) is 0 Å². The molecule has 0 radical (unpaired) electrons. The molecule has 0 spiro atoms. The standard InChI is InChI=1S/C46H27N3/c1-3-11-30-24-45-40(21-28(30)9-1)41-22-29-10-2-4-12-31(29)25-46(41)49(45)44-20-19-33(42-26-47-48-27-43(42)44)32-17-18-38-36-15-6-5-13-34(36)35-14-7-8-16-37(35)39(38)23-32/h1-27H. The zero-order chi connectivity index (χ0) is 32.1. The van der Waals surface area contributed by atoms with E-state index >= 15 is 0 Å². The molecule has 226 valence electrons. The molecule has 9 aromatic carbocycles. The fraction of sp³-hybridized carbons (Fsp3) is 0. The number of benzene rings is 9. The minimum Gasteiger partial charge on any atom is -0.309 e. The van der Waals surface area contributed by atoms with Crippen LogP contribution < -0.4 is 0 Å². The lowest BCUT2D eigenvalue weighted by Crippen LogP contribution is -1.98. The molecule has 0 aliphatic carbocycles. The highest BCUT2D eigenvalue weighted by molar-refractivity contribution is 6.26. The van der Waals surface area contributed by atoms with Crippen LogP contribution in [-0.2, 0) is 0 Å². The highest BCUT2D eigenvalue weighted by atomic mass is 15.1. The third kappa shape index (κ3) is 3.78. The Labute approximate surface area is 281 Å². The summed E-state index contributed by atoms with van der Waals surface area (Å²) >= 11 is 0. The fourth-order valence-corrected chi connectivity index (χ4v) is 8.25. The van der Waals surface area contributed by atoms with Gasteiger partial charge in [-0.05, 0) is 101 Å². The summed E-state index contributed by atoms with van der Waals surface area (Å²) in [6.07, 6.45) is 3.85. The lowest BCUT2D eigenvalue weighted by atomic mass is 9.91. The first-order chi connectivity index (χ1) is 24.3. The number of hydrogen-bond donors (Lipinski definition) is 0. The van der Waals surface area contributed by atoms with Crippen LogP contribution in [0, 0.1) is 0 Å². The van der Waals surface area contributed by atoms with Gasteiger partial charge in [0.2, 0.25) is 0 Å². The molecule has 0 aliphatic rings. The molecule has 0 saturated heterocycles. The van der Waals surface area contributed by atoms with E-state index < -0.39 is 0 Å². The zero-order valence-corrected chi connectivity index (χ0v) is 26.4. The first-order valence-electron chi connectivity index (χ1n) is 16.7. The second kappa shape index (κ2) is 9.96. The lowest BCUT2D eigenvalue weighted by Gasteiger charge is -2.16. The minimum atomic E-state index is 1.07. The van der Waals surface area contributed by atoms with Crippen molar-refractivity contribution in [1.82, 2.24) is 14.8 Å². The molecule has 11 aromatic rings. The van der Waals surface area contributed by atoms with E-state index in [4.69, 9.17) is 0 Å². The summed E-state index contributed by atoms with van der Waals surface area (Å²) < 4.78 is 2.43. The molecular weight excluding hydrogens is 595 g/mol. The van der Waals surface area contributed by atoms with Gasteiger partial charge in [0.25, 0.3) is 0 Å². The molecule has 11 rings (SSSR count). The second-order valence-corrected chi connectivity index (χ2v) is 13.1. The van der Waals surface area contributed by atoms with Crippen molar-refractivity contribution < 1.29 is 0 Å². The van der Waals surface area contributed by atoms with Gasteiger partial charge in [-0.1, -0.05) is 115 Å². The van der Waals surface area contributed by atoms with Crippen molar-refractivity contribution in [3.63, 3.8) is 0 Å². The Morgan fingerprint density at radius 1 is 0.327 bits per heavy atom. The first kappa shape index (κ1) is 26.5. The van der Waals surface area contributed by atoms with E-state index in [-0.39, 0.29) is 0 Å². The summed E-state index contributed by atoms with van der Waals surface area (Å²) in [4.78, 5) is 0. The van der Waals surface area contributed by atoms with E-state index in [2.05, 4.69) is 166 Å². The van der Waals surface area contributed by atoms with Crippen molar-refractivity contribution in [2.45, 2.75) is 0 Å². The van der Waals surface area contributed by atoms with E-state index in [9.17, 15) is 0 Å². The van der Waals surface area contributed by atoms with Crippen LogP contribution in [0.5, 0.6) is 0 Å². The molecule has 0 N–H and O–H groups in total. The molecule has 2 heterocycles. The molecule has 0 unspecified atom stereocenters. The normalized spacial score (nSPS) is 12.1. The second-order valence-electron chi connectivity index (χ2n) is 13.1. The Bertz CT molecular complexity index is 3040. The van der Waals surface area contributed by atoms with Crippen LogP contribution in [-0.4, -0.2) is 14.8 Å². The van der Waals surface area contributed by atoms with Gasteiger partial charge in [-0.25, -0.2) is 0 Å². The Kier molecular flexibility index (Phi) is 5.38. The Morgan fingerprint density at radius 3 is 1.37 bits per heavy atom. The number of rotatable bonds is 2. The summed E-state index contributed by atoms with van der Waals surface area (Å²) in [6.45, 7) is 0. The number of nitrogens with zero attached hydrogens (tertiary/aromatic N) is 3. The highest BCUT2D eigenvalue weighted by Crippen LogP contribution is 2.42. The summed E-state index contributed by atoms with van der Waals surface area (Å²) in [7, 11) is 0. The molecule has 0 saturated carbocycles. The molecule has 0 amide bonds. The molecule has 0 fully saturated rings. The fourth-order valence-electron chi connectivity index (χ4n) is 8.25. The van der Waals surface area contributed by atoms with Crippen LogP contribution in [0.25, 0.3) is 103 Å². The maximum Gasteiger partial charge on any atom is 0.0596 e. The highest BCUT2D eigenvalue weighted by Gasteiger charge is 2.19. The van der Waals surface area contributed by atoms with Gasteiger partial charge in [0.1, 0.15) is 0 Å². The largest absolute Gasteiger partial charge is 0.309 e. The van der Waals surface area contributed by atoms with Gasteiger partial charge >= 0.3 is 0 Å². The molecular formula is C46H27N3. The van der Waals surface area contributed by atoms with Crippen molar-refractivity contribution in [1.29, 1.82) is 0 Å². The molecule has 0 bridgehead atoms. The van der Waals surface area contributed by atoms with Gasteiger partial charge < -0.3 is 4.57 Å². The van der Waals surface area contributed by atoms with Gasteiger partial charge in [-0.3, -0.25) is 0 Å². The zero-order valence-electron chi connectivity index (χ0n) is 26.4. The number of aromatic nitrogens is 3. The van der Waals surface area contributed by atoms with Crippen LogP contribution in [0.2, 0.25) is 0 Å². The molecule has 3 nitrogen and oxygen atoms in total. The molecule has 2 aromatic heterocycles. The molecule has 3 heteroatoms. The van der Waals surface area contributed by atoms with E-state index in [0.29, 0.717) is 0 Å². The smallest absolute Gasteiger partial charge is 0.0596 e. The first-order valence-corrected chi connectivity index (χ1v) is 16.7. The quantitative estimate of drug-likeness (QED) is 0.180. The van der Waals surface area contributed by atoms with E-state index in [1.165, 1.54) is 75.7 Å². The maximum atomic E-state index is 4.44. The van der Waals surface area contributed by atoms with Crippen molar-refractivity contribution in [2.24, 2.45) is 0 Å². The Morgan fingerprint density at radius 2 is 0.796 bits per heavy atom. The topological polar surface area (TPSA) is 30.7 Å². The monoisotopic (exact) mass is 621 g/mol. The third-order valence-corrected chi connectivity index (χ3v) is 10.5. The van der Waals surface area contributed by atoms with E-state index in [0.717, 1.165) is 27.6 Å². The molecule has 0 aliphatic heterocycles. The van der Waals surface area contributed by atoms with Crippen molar-refractivity contribution >= 4 is 86.4 Å². The predicted octanol–water partition coefficient (Wildman–Crippen LogP) is 12.2. The molecule has 49 heavy (non-hydrogen) atoms. The Balaban J connectivity index is 1.21. The van der Waals surface area contributed by atoms with E-state index in [1.54, 1.807) is 0 Å². The van der Waals surface area contributed by atoms with Gasteiger partial charge in [0, 0.05) is 21.5 Å². The van der Waals surface area contributed by atoms with Crippen molar-refractivity contribution in [2.75, 3.05) is 0 Å². The summed E-state index contributed by atoms with van der Waals surface area (Å²) in [5, 5.41) is 26.1. The lowest BCUT2D eigenvalue weighted by molar-refractivity contribution is 1.05. The van der Waals surface area contributed by atoms with Crippen LogP contribution >= 0.6 is 0 Å². The summed E-state index contributed by atoms with van der Waals surface area (Å²) in [5.74, 6) is 0. The van der Waals surface area contributed by atoms with E-state index in [1.807, 2.05) is 12.4 Å². The third-order valence-electron chi connectivity index (χ3n) is 10.5. The molecule has 0 atom stereocenters. The average Bonchev–Trinajstić information content (AvgIpc) is 3.47. The Hall–Kier alpha value is -6.58. The van der Waals surface area contributed by atoms with Crippen LogP contribution in [0.15, 0.2) is 164 Å². The van der Waals surface area contributed by atoms with Gasteiger partial charge in [-0.15, -0.1) is 0 Å². The minimum absolute atomic E-state index is 1.07. The van der Waals surface area contributed by atoms with Crippen molar-refractivity contribution in [3.8, 4) is 16.8 Å². The van der Waals surface area contributed by atoms with Gasteiger partial charge in [0.15, 0.2) is 0 Å². The van der Waals surface area contributed by atoms with Gasteiger partial charge in [0.05, 0.1) is 29.1 Å². The average molecular weight is 622 g/mol. The summed E-state index contributed by atoms with van der Waals surface area (Å²) in [6, 6.07) is 55.6. The SMILES string of the molecule is c1ccc2cc3c(cc2c1)c1cc2ccccc2cc1n3-c1ccc(-c2ccc3c4ccccc4c4ccccc4c3c2)c2cnncc12. The maximum absolute atomic E-state index is 4.44. The summed E-state index contributed by atoms with van der Waals surface area (Å²) in [5.41, 5.74) is 5.76. The van der Waals surface area contributed by atoms with Crippen LogP contribution in [0.3, 0.4) is 0 Å². The number of fused-ring (bicyclic) bond motifs is 12.